The van der Waals surface area contributed by atoms with Crippen LogP contribution in [0.5, 0.6) is 0 Å². The summed E-state index contributed by atoms with van der Waals surface area (Å²) in [7, 11) is 0. The van der Waals surface area contributed by atoms with Gasteiger partial charge in [0, 0.05) is 19.0 Å². The Bertz CT molecular complexity index is 340. The first-order chi connectivity index (χ1) is 7.92. The van der Waals surface area contributed by atoms with Crippen LogP contribution in [0.4, 0.5) is 0 Å². The van der Waals surface area contributed by atoms with Gasteiger partial charge in [0.2, 0.25) is 5.89 Å². The van der Waals surface area contributed by atoms with Crippen LogP contribution in [-0.4, -0.2) is 41.2 Å². The smallest absolute Gasteiger partial charge is 0.240 e. The van der Waals surface area contributed by atoms with Gasteiger partial charge in [0.05, 0.1) is 6.54 Å². The zero-order chi connectivity index (χ0) is 10.8. The lowest BCUT2D eigenvalue weighted by atomic mass is 10.4. The van der Waals surface area contributed by atoms with Gasteiger partial charge in [-0.2, -0.15) is 4.98 Å². The monoisotopic (exact) mass is 222 g/mol. The molecule has 0 bridgehead atoms. The SMILES string of the molecule is C1CNCCN(Cc2nc(C3CC3)no2)C1. The summed E-state index contributed by atoms with van der Waals surface area (Å²) in [6.07, 6.45) is 3.66. The molecule has 1 aliphatic carbocycles. The van der Waals surface area contributed by atoms with Crippen molar-refractivity contribution < 1.29 is 4.52 Å². The van der Waals surface area contributed by atoms with Crippen LogP contribution in [0.2, 0.25) is 0 Å². The molecule has 1 aliphatic heterocycles. The molecule has 5 nitrogen and oxygen atoms in total. The minimum atomic E-state index is 0.586. The summed E-state index contributed by atoms with van der Waals surface area (Å²) in [6, 6.07) is 0. The Morgan fingerprint density at radius 3 is 3.12 bits per heavy atom. The number of aromatic nitrogens is 2. The van der Waals surface area contributed by atoms with E-state index in [0.717, 1.165) is 44.4 Å². The molecule has 0 aromatic carbocycles. The van der Waals surface area contributed by atoms with Crippen LogP contribution in [0.25, 0.3) is 0 Å². The zero-order valence-electron chi connectivity index (χ0n) is 9.48. The first-order valence-corrected chi connectivity index (χ1v) is 6.17. The van der Waals surface area contributed by atoms with E-state index < -0.39 is 0 Å². The van der Waals surface area contributed by atoms with E-state index >= 15 is 0 Å². The lowest BCUT2D eigenvalue weighted by Gasteiger charge is -2.16. The highest BCUT2D eigenvalue weighted by atomic mass is 16.5. The van der Waals surface area contributed by atoms with Crippen molar-refractivity contribution in [3.63, 3.8) is 0 Å². The molecule has 1 aromatic rings. The number of nitrogens with zero attached hydrogens (tertiary/aromatic N) is 3. The van der Waals surface area contributed by atoms with Gasteiger partial charge >= 0.3 is 0 Å². The molecule has 88 valence electrons. The van der Waals surface area contributed by atoms with Crippen LogP contribution >= 0.6 is 0 Å². The topological polar surface area (TPSA) is 54.2 Å². The second kappa shape index (κ2) is 4.51. The minimum absolute atomic E-state index is 0.586. The maximum absolute atomic E-state index is 5.29. The quantitative estimate of drug-likeness (QED) is 0.817. The third-order valence-corrected chi connectivity index (χ3v) is 3.22. The molecule has 1 saturated carbocycles. The van der Waals surface area contributed by atoms with Gasteiger partial charge in [-0.1, -0.05) is 5.16 Å². The molecule has 0 spiro atoms. The van der Waals surface area contributed by atoms with Crippen molar-refractivity contribution in [3.8, 4) is 0 Å². The van der Waals surface area contributed by atoms with Crippen molar-refractivity contribution in [1.29, 1.82) is 0 Å². The van der Waals surface area contributed by atoms with E-state index in [1.807, 2.05) is 0 Å². The molecule has 0 unspecified atom stereocenters. The molecule has 0 amide bonds. The molecule has 1 saturated heterocycles. The fourth-order valence-electron chi connectivity index (χ4n) is 2.09. The van der Waals surface area contributed by atoms with Crippen molar-refractivity contribution in [2.24, 2.45) is 0 Å². The summed E-state index contributed by atoms with van der Waals surface area (Å²) in [5, 5.41) is 7.43. The Morgan fingerprint density at radius 1 is 1.31 bits per heavy atom. The number of hydrogen-bond acceptors (Lipinski definition) is 5. The van der Waals surface area contributed by atoms with Gasteiger partial charge in [-0.15, -0.1) is 0 Å². The average Bonchev–Trinajstić information content (AvgIpc) is 3.07. The van der Waals surface area contributed by atoms with Gasteiger partial charge in [0.1, 0.15) is 0 Å². The molecular weight excluding hydrogens is 204 g/mol. The number of nitrogens with one attached hydrogen (secondary N) is 1. The van der Waals surface area contributed by atoms with Gasteiger partial charge in [0.25, 0.3) is 0 Å². The van der Waals surface area contributed by atoms with Crippen molar-refractivity contribution >= 4 is 0 Å². The zero-order valence-corrected chi connectivity index (χ0v) is 9.48. The lowest BCUT2D eigenvalue weighted by Crippen LogP contribution is -2.27. The van der Waals surface area contributed by atoms with Crippen LogP contribution in [0, 0.1) is 0 Å². The highest BCUT2D eigenvalue weighted by Crippen LogP contribution is 2.38. The fourth-order valence-corrected chi connectivity index (χ4v) is 2.09. The summed E-state index contributed by atoms with van der Waals surface area (Å²) in [4.78, 5) is 6.84. The third-order valence-electron chi connectivity index (χ3n) is 3.22. The Hall–Kier alpha value is -0.940. The van der Waals surface area contributed by atoms with Crippen molar-refractivity contribution in [2.75, 3.05) is 26.2 Å². The van der Waals surface area contributed by atoms with Crippen molar-refractivity contribution in [1.82, 2.24) is 20.4 Å². The Balaban J connectivity index is 1.58. The van der Waals surface area contributed by atoms with Gasteiger partial charge < -0.3 is 9.84 Å². The van der Waals surface area contributed by atoms with E-state index in [1.54, 1.807) is 0 Å². The van der Waals surface area contributed by atoms with Crippen LogP contribution in [-0.2, 0) is 6.54 Å². The summed E-state index contributed by atoms with van der Waals surface area (Å²) >= 11 is 0. The second-order valence-corrected chi connectivity index (χ2v) is 4.70. The van der Waals surface area contributed by atoms with E-state index in [1.165, 1.54) is 19.3 Å². The number of hydrogen-bond donors (Lipinski definition) is 1. The molecule has 2 aliphatic rings. The average molecular weight is 222 g/mol. The molecule has 5 heteroatoms. The Morgan fingerprint density at radius 2 is 2.25 bits per heavy atom. The summed E-state index contributed by atoms with van der Waals surface area (Å²) in [6.45, 7) is 5.17. The van der Waals surface area contributed by atoms with Crippen LogP contribution < -0.4 is 5.32 Å². The van der Waals surface area contributed by atoms with E-state index in [4.69, 9.17) is 4.52 Å². The second-order valence-electron chi connectivity index (χ2n) is 4.70. The molecule has 2 heterocycles. The number of rotatable bonds is 3. The van der Waals surface area contributed by atoms with Gasteiger partial charge in [-0.05, 0) is 32.4 Å². The van der Waals surface area contributed by atoms with Crippen LogP contribution in [0.15, 0.2) is 4.52 Å². The van der Waals surface area contributed by atoms with E-state index in [0.29, 0.717) is 5.92 Å². The molecule has 0 radical (unpaired) electrons. The van der Waals surface area contributed by atoms with Gasteiger partial charge in [-0.25, -0.2) is 0 Å². The molecule has 0 atom stereocenters. The predicted molar refractivity (Wildman–Crippen MR) is 59.0 cm³/mol. The molecule has 1 aromatic heterocycles. The third kappa shape index (κ3) is 2.41. The van der Waals surface area contributed by atoms with E-state index in [2.05, 4.69) is 20.4 Å². The van der Waals surface area contributed by atoms with Crippen molar-refractivity contribution in [2.45, 2.75) is 31.7 Å². The summed E-state index contributed by atoms with van der Waals surface area (Å²) in [5.41, 5.74) is 0. The molecule has 1 N–H and O–H groups in total. The molecular formula is C11H18N4O. The van der Waals surface area contributed by atoms with E-state index in [9.17, 15) is 0 Å². The van der Waals surface area contributed by atoms with Crippen molar-refractivity contribution in [3.05, 3.63) is 11.7 Å². The Labute approximate surface area is 95.2 Å². The maximum Gasteiger partial charge on any atom is 0.240 e. The van der Waals surface area contributed by atoms with E-state index in [-0.39, 0.29) is 0 Å². The lowest BCUT2D eigenvalue weighted by molar-refractivity contribution is 0.238. The van der Waals surface area contributed by atoms with Gasteiger partial charge in [-0.3, -0.25) is 4.90 Å². The highest BCUT2D eigenvalue weighted by molar-refractivity contribution is 5.03. The van der Waals surface area contributed by atoms with Crippen LogP contribution in [0.3, 0.4) is 0 Å². The summed E-state index contributed by atoms with van der Waals surface area (Å²) in [5.74, 6) is 2.29. The standard InChI is InChI=1S/C11H18N4O/c1-4-12-5-7-15(6-1)8-10-13-11(14-16-10)9-2-3-9/h9,12H,1-8H2. The fraction of sp³-hybridized carbons (Fsp3) is 0.818. The Kier molecular flexibility index (Phi) is 2.88. The molecule has 2 fully saturated rings. The predicted octanol–water partition coefficient (Wildman–Crippen LogP) is 0.742. The van der Waals surface area contributed by atoms with Crippen LogP contribution in [0.1, 0.15) is 36.9 Å². The first-order valence-electron chi connectivity index (χ1n) is 6.17. The normalized spacial score (nSPS) is 23.2. The minimum Gasteiger partial charge on any atom is -0.338 e. The highest BCUT2D eigenvalue weighted by Gasteiger charge is 2.28. The van der Waals surface area contributed by atoms with Gasteiger partial charge in [0.15, 0.2) is 5.82 Å². The maximum atomic E-state index is 5.29. The summed E-state index contributed by atoms with van der Waals surface area (Å²) < 4.78 is 5.29. The molecule has 3 rings (SSSR count). The first kappa shape index (κ1) is 10.2. The largest absolute Gasteiger partial charge is 0.338 e. The molecule has 16 heavy (non-hydrogen) atoms.